The number of carbonyl (C=O) groups is 1. The molecule has 1 amide bonds. The van der Waals surface area contributed by atoms with E-state index in [2.05, 4.69) is 27.1 Å². The highest BCUT2D eigenvalue weighted by Crippen LogP contribution is 2.27. The molecule has 1 aliphatic rings. The largest absolute Gasteiger partial charge is 0.342 e. The van der Waals surface area contributed by atoms with Gasteiger partial charge in [0, 0.05) is 13.1 Å². The predicted molar refractivity (Wildman–Crippen MR) is 112 cm³/mol. The minimum Gasteiger partial charge on any atom is -0.342 e. The van der Waals surface area contributed by atoms with Crippen LogP contribution < -0.4 is 5.56 Å². The van der Waals surface area contributed by atoms with Crippen molar-refractivity contribution >= 4 is 28.6 Å². The zero-order valence-electron chi connectivity index (χ0n) is 16.5. The lowest BCUT2D eigenvalue weighted by Gasteiger charge is -2.33. The molecule has 0 bridgehead atoms. The number of H-pyrrole nitrogens is 1. The third-order valence-electron chi connectivity index (χ3n) is 5.61. The van der Waals surface area contributed by atoms with Gasteiger partial charge in [-0.1, -0.05) is 30.8 Å². The van der Waals surface area contributed by atoms with Crippen molar-refractivity contribution in [1.82, 2.24) is 29.6 Å². The van der Waals surface area contributed by atoms with Gasteiger partial charge >= 0.3 is 0 Å². The van der Waals surface area contributed by atoms with Crippen molar-refractivity contribution in [2.75, 3.05) is 12.8 Å². The molecule has 0 saturated heterocycles. The number of hydrogen-bond donors (Lipinski definition) is 1. The minimum atomic E-state index is -0.239. The molecule has 1 N–H and O–H groups in total. The zero-order chi connectivity index (χ0) is 20.4. The van der Waals surface area contributed by atoms with E-state index in [4.69, 9.17) is 0 Å². The van der Waals surface area contributed by atoms with E-state index in [-0.39, 0.29) is 23.2 Å². The number of benzene rings is 1. The van der Waals surface area contributed by atoms with Crippen molar-refractivity contribution < 1.29 is 4.79 Å². The van der Waals surface area contributed by atoms with E-state index in [1.54, 1.807) is 18.2 Å². The third kappa shape index (κ3) is 4.05. The summed E-state index contributed by atoms with van der Waals surface area (Å²) in [5.74, 6) is 1.28. The first-order chi connectivity index (χ1) is 14.0. The average molecular weight is 413 g/mol. The fourth-order valence-electron chi connectivity index (χ4n) is 3.76. The number of para-hydroxylation sites is 1. The molecule has 1 fully saturated rings. The Morgan fingerprint density at radius 2 is 2.03 bits per heavy atom. The first-order valence-corrected chi connectivity index (χ1v) is 10.8. The van der Waals surface area contributed by atoms with Crippen LogP contribution in [0.3, 0.4) is 0 Å². The van der Waals surface area contributed by atoms with E-state index in [0.29, 0.717) is 22.1 Å². The van der Waals surface area contributed by atoms with Crippen molar-refractivity contribution in [2.45, 2.75) is 43.8 Å². The summed E-state index contributed by atoms with van der Waals surface area (Å²) in [5, 5.41) is 7.48. The van der Waals surface area contributed by atoms with Crippen LogP contribution in [0.15, 0.2) is 40.5 Å². The van der Waals surface area contributed by atoms with Crippen LogP contribution in [0.4, 0.5) is 0 Å². The van der Waals surface area contributed by atoms with Gasteiger partial charge in [-0.3, -0.25) is 9.59 Å². The van der Waals surface area contributed by atoms with E-state index in [9.17, 15) is 9.59 Å². The Labute approximate surface area is 172 Å². The molecule has 9 heteroatoms. The highest BCUT2D eigenvalue weighted by Gasteiger charge is 2.25. The molecule has 0 aliphatic heterocycles. The molecule has 1 aliphatic carbocycles. The lowest BCUT2D eigenvalue weighted by molar-refractivity contribution is -0.129. The Kier molecular flexibility index (Phi) is 5.66. The number of aromatic nitrogens is 5. The maximum atomic E-state index is 13.0. The summed E-state index contributed by atoms with van der Waals surface area (Å²) < 4.78 is 1.38. The van der Waals surface area contributed by atoms with Gasteiger partial charge in [0.15, 0.2) is 5.16 Å². The second-order valence-electron chi connectivity index (χ2n) is 7.57. The first kappa shape index (κ1) is 19.6. The minimum absolute atomic E-state index is 0.0427. The highest BCUT2D eigenvalue weighted by molar-refractivity contribution is 7.99. The van der Waals surface area contributed by atoms with Crippen LogP contribution in [0.2, 0.25) is 0 Å². The SMILES string of the molecule is CC1CCC(N(C)C(=O)CSc2nc3ccccc3c(=O)n2-c2ncn[nH]2)CC1. The van der Waals surface area contributed by atoms with Crippen LogP contribution in [0.1, 0.15) is 32.6 Å². The highest BCUT2D eigenvalue weighted by atomic mass is 32.2. The molecular weight excluding hydrogens is 388 g/mol. The standard InChI is InChI=1S/C20H24N6O2S/c1-13-7-9-14(10-8-13)25(2)17(27)11-29-20-23-16-6-4-3-5-15(16)18(28)26(20)19-21-12-22-24-19/h3-6,12-14H,7-11H2,1-2H3,(H,21,22,24). The van der Waals surface area contributed by atoms with Crippen LogP contribution in [-0.2, 0) is 4.79 Å². The Bertz CT molecular complexity index is 1060. The maximum Gasteiger partial charge on any atom is 0.269 e. The van der Waals surface area contributed by atoms with Gasteiger partial charge in [-0.25, -0.2) is 14.6 Å². The van der Waals surface area contributed by atoms with Crippen LogP contribution in [-0.4, -0.2) is 54.4 Å². The Morgan fingerprint density at radius 1 is 1.28 bits per heavy atom. The second-order valence-corrected chi connectivity index (χ2v) is 8.51. The number of amides is 1. The molecule has 152 valence electrons. The Morgan fingerprint density at radius 3 is 2.76 bits per heavy atom. The molecular formula is C20H24N6O2S. The Balaban J connectivity index is 1.58. The normalized spacial score (nSPS) is 19.4. The van der Waals surface area contributed by atoms with Gasteiger partial charge in [-0.2, -0.15) is 10.1 Å². The van der Waals surface area contributed by atoms with Crippen molar-refractivity contribution in [2.24, 2.45) is 5.92 Å². The zero-order valence-corrected chi connectivity index (χ0v) is 17.4. The number of aromatic amines is 1. The molecule has 0 atom stereocenters. The molecule has 29 heavy (non-hydrogen) atoms. The van der Waals surface area contributed by atoms with Crippen LogP contribution >= 0.6 is 11.8 Å². The van der Waals surface area contributed by atoms with E-state index in [1.807, 2.05) is 18.0 Å². The van der Waals surface area contributed by atoms with Crippen LogP contribution in [0.5, 0.6) is 0 Å². The number of hydrogen-bond acceptors (Lipinski definition) is 6. The number of fused-ring (bicyclic) bond motifs is 1. The summed E-state index contributed by atoms with van der Waals surface area (Å²) in [6.07, 6.45) is 5.75. The summed E-state index contributed by atoms with van der Waals surface area (Å²) in [4.78, 5) is 36.4. The molecule has 2 aromatic heterocycles. The Hall–Kier alpha value is -2.68. The smallest absolute Gasteiger partial charge is 0.269 e. The quantitative estimate of drug-likeness (QED) is 0.511. The van der Waals surface area contributed by atoms with Gasteiger partial charge < -0.3 is 4.90 Å². The van der Waals surface area contributed by atoms with Gasteiger partial charge in [-0.15, -0.1) is 0 Å². The fraction of sp³-hybridized carbons (Fsp3) is 0.450. The van der Waals surface area contributed by atoms with Crippen molar-refractivity contribution in [3.05, 3.63) is 40.9 Å². The fourth-order valence-corrected chi connectivity index (χ4v) is 4.68. The van der Waals surface area contributed by atoms with Crippen molar-refractivity contribution in [3.63, 3.8) is 0 Å². The van der Waals surface area contributed by atoms with Crippen molar-refractivity contribution in [1.29, 1.82) is 0 Å². The molecule has 4 rings (SSSR count). The summed E-state index contributed by atoms with van der Waals surface area (Å²) >= 11 is 1.25. The molecule has 0 unspecified atom stereocenters. The third-order valence-corrected chi connectivity index (χ3v) is 6.53. The average Bonchev–Trinajstić information content (AvgIpc) is 3.26. The lowest BCUT2D eigenvalue weighted by Crippen LogP contribution is -2.40. The lowest BCUT2D eigenvalue weighted by atomic mass is 9.87. The number of rotatable bonds is 5. The van der Waals surface area contributed by atoms with Crippen molar-refractivity contribution in [3.8, 4) is 5.95 Å². The topological polar surface area (TPSA) is 96.8 Å². The second kappa shape index (κ2) is 8.36. The molecule has 0 radical (unpaired) electrons. The van der Waals surface area contributed by atoms with E-state index in [1.165, 1.54) is 22.7 Å². The summed E-state index contributed by atoms with van der Waals surface area (Å²) in [6, 6.07) is 7.45. The molecule has 3 aromatic rings. The number of nitrogens with zero attached hydrogens (tertiary/aromatic N) is 5. The number of carbonyl (C=O) groups excluding carboxylic acids is 1. The summed E-state index contributed by atoms with van der Waals surface area (Å²) in [6.45, 7) is 2.27. The van der Waals surface area contributed by atoms with Gasteiger partial charge in [0.25, 0.3) is 5.56 Å². The molecule has 1 aromatic carbocycles. The molecule has 1 saturated carbocycles. The van der Waals surface area contributed by atoms with Gasteiger partial charge in [-0.05, 0) is 43.7 Å². The van der Waals surface area contributed by atoms with Gasteiger partial charge in [0.05, 0.1) is 16.7 Å². The number of thioether (sulfide) groups is 1. The van der Waals surface area contributed by atoms with E-state index >= 15 is 0 Å². The number of nitrogens with one attached hydrogen (secondary N) is 1. The van der Waals surface area contributed by atoms with E-state index < -0.39 is 0 Å². The molecule has 2 heterocycles. The molecule has 8 nitrogen and oxygen atoms in total. The molecule has 0 spiro atoms. The monoisotopic (exact) mass is 412 g/mol. The van der Waals surface area contributed by atoms with Crippen LogP contribution in [0.25, 0.3) is 16.9 Å². The first-order valence-electron chi connectivity index (χ1n) is 9.80. The summed E-state index contributed by atoms with van der Waals surface area (Å²) in [5.41, 5.74) is 0.356. The van der Waals surface area contributed by atoms with Crippen LogP contribution in [0, 0.1) is 5.92 Å². The maximum absolute atomic E-state index is 13.0. The van der Waals surface area contributed by atoms with E-state index in [0.717, 1.165) is 31.6 Å². The summed E-state index contributed by atoms with van der Waals surface area (Å²) in [7, 11) is 1.88. The van der Waals surface area contributed by atoms with Gasteiger partial charge in [0.1, 0.15) is 6.33 Å². The van der Waals surface area contributed by atoms with Gasteiger partial charge in [0.2, 0.25) is 11.9 Å². The predicted octanol–water partition coefficient (Wildman–Crippen LogP) is 2.63.